The molecule has 1 aliphatic heterocycles. The quantitative estimate of drug-likeness (QED) is 0.675. The van der Waals surface area contributed by atoms with E-state index in [4.69, 9.17) is 11.6 Å². The maximum Gasteiger partial charge on any atom is 0.251 e. The fourth-order valence-corrected chi connectivity index (χ4v) is 3.94. The van der Waals surface area contributed by atoms with Gasteiger partial charge in [-0.1, -0.05) is 30.7 Å². The number of carbonyl (C=O) groups excluding carboxylic acids is 1. The van der Waals surface area contributed by atoms with Gasteiger partial charge in [-0.05, 0) is 77.8 Å². The van der Waals surface area contributed by atoms with E-state index in [2.05, 4.69) is 32.7 Å². The largest absolute Gasteiger partial charge is 0.350 e. The second-order valence-corrected chi connectivity index (χ2v) is 7.60. The van der Waals surface area contributed by atoms with Crippen molar-refractivity contribution in [3.05, 3.63) is 59.4 Å². The molecule has 4 rings (SSSR count). The number of benzene rings is 2. The van der Waals surface area contributed by atoms with Crippen LogP contribution >= 0.6 is 11.6 Å². The van der Waals surface area contributed by atoms with E-state index in [1.54, 1.807) is 10.7 Å². The Kier molecular flexibility index (Phi) is 5.87. The normalized spacial score (nSPS) is 16.8. The minimum absolute atomic E-state index is 0.0990. The van der Waals surface area contributed by atoms with Gasteiger partial charge in [0.05, 0.1) is 5.69 Å². The van der Waals surface area contributed by atoms with Crippen molar-refractivity contribution in [1.82, 2.24) is 30.4 Å². The molecule has 1 saturated heterocycles. The Labute approximate surface area is 174 Å². The summed E-state index contributed by atoms with van der Waals surface area (Å²) in [5.41, 5.74) is 3.16. The Morgan fingerprint density at radius 2 is 2.03 bits per heavy atom. The number of tetrazole rings is 1. The van der Waals surface area contributed by atoms with Crippen LogP contribution < -0.4 is 5.32 Å². The lowest BCUT2D eigenvalue weighted by Crippen LogP contribution is -2.40. The third-order valence-corrected chi connectivity index (χ3v) is 5.63. The molecule has 1 unspecified atom stereocenters. The summed E-state index contributed by atoms with van der Waals surface area (Å²) in [7, 11) is 0. The Hall–Kier alpha value is -2.77. The van der Waals surface area contributed by atoms with Gasteiger partial charge in [-0.3, -0.25) is 9.69 Å². The van der Waals surface area contributed by atoms with Gasteiger partial charge in [-0.25, -0.2) is 4.68 Å². The van der Waals surface area contributed by atoms with Gasteiger partial charge < -0.3 is 5.32 Å². The molecule has 0 bridgehead atoms. The zero-order chi connectivity index (χ0) is 20.2. The number of rotatable bonds is 6. The van der Waals surface area contributed by atoms with Crippen LogP contribution in [0.4, 0.5) is 0 Å². The van der Waals surface area contributed by atoms with Gasteiger partial charge in [0.2, 0.25) is 0 Å². The SMILES string of the molecule is CCN1CCCC1CNC(=O)c1cc(-c2ccc(Cl)cc2)cc(-n2cnnn2)c1. The predicted octanol–water partition coefficient (Wildman–Crippen LogP) is 3.20. The van der Waals surface area contributed by atoms with Gasteiger partial charge in [0.15, 0.2) is 0 Å². The molecule has 29 heavy (non-hydrogen) atoms. The minimum atomic E-state index is -0.0990. The summed E-state index contributed by atoms with van der Waals surface area (Å²) in [6.07, 6.45) is 3.82. The number of nitrogens with one attached hydrogen (secondary N) is 1. The van der Waals surface area contributed by atoms with Crippen LogP contribution in [0.3, 0.4) is 0 Å². The smallest absolute Gasteiger partial charge is 0.251 e. The number of hydrogen-bond donors (Lipinski definition) is 1. The lowest BCUT2D eigenvalue weighted by molar-refractivity contribution is 0.0941. The van der Waals surface area contributed by atoms with E-state index in [9.17, 15) is 4.79 Å². The summed E-state index contributed by atoms with van der Waals surface area (Å²) in [5, 5.41) is 15.1. The van der Waals surface area contributed by atoms with Crippen molar-refractivity contribution < 1.29 is 4.79 Å². The summed E-state index contributed by atoms with van der Waals surface area (Å²) < 4.78 is 1.55. The number of amides is 1. The van der Waals surface area contributed by atoms with Crippen molar-refractivity contribution in [2.45, 2.75) is 25.8 Å². The highest BCUT2D eigenvalue weighted by atomic mass is 35.5. The molecular weight excluding hydrogens is 388 g/mol. The molecule has 3 aromatic rings. The number of hydrogen-bond acceptors (Lipinski definition) is 5. The van der Waals surface area contributed by atoms with Crippen LogP contribution in [0, 0.1) is 0 Å². The molecule has 0 radical (unpaired) electrons. The molecule has 1 atom stereocenters. The number of carbonyl (C=O) groups is 1. The monoisotopic (exact) mass is 410 g/mol. The number of aromatic nitrogens is 4. The maximum atomic E-state index is 12.9. The van der Waals surface area contributed by atoms with Gasteiger partial charge in [0, 0.05) is 23.2 Å². The number of nitrogens with zero attached hydrogens (tertiary/aromatic N) is 5. The van der Waals surface area contributed by atoms with Crippen LogP contribution in [-0.4, -0.2) is 56.7 Å². The molecule has 8 heteroatoms. The predicted molar refractivity (Wildman–Crippen MR) is 112 cm³/mol. The Balaban J connectivity index is 1.61. The molecule has 1 fully saturated rings. The summed E-state index contributed by atoms with van der Waals surface area (Å²) in [5.74, 6) is -0.0990. The Morgan fingerprint density at radius 3 is 2.76 bits per heavy atom. The van der Waals surface area contributed by atoms with Gasteiger partial charge >= 0.3 is 0 Å². The standard InChI is InChI=1S/C21H23ClN6O/c1-2-27-9-3-4-19(27)13-23-21(29)17-10-16(15-5-7-18(22)8-6-15)11-20(12-17)28-14-24-25-26-28/h5-8,10-12,14,19H,2-4,9,13H2,1H3,(H,23,29). The molecule has 0 saturated carbocycles. The summed E-state index contributed by atoms with van der Waals surface area (Å²) >= 11 is 6.02. The van der Waals surface area contributed by atoms with E-state index in [0.29, 0.717) is 23.2 Å². The number of likely N-dealkylation sites (N-methyl/N-ethyl adjacent to an activating group) is 1. The third-order valence-electron chi connectivity index (χ3n) is 5.37. The van der Waals surface area contributed by atoms with Crippen LogP contribution in [-0.2, 0) is 0 Å². The first-order valence-electron chi connectivity index (χ1n) is 9.80. The second kappa shape index (κ2) is 8.71. The molecule has 0 aliphatic carbocycles. The molecule has 2 heterocycles. The first-order chi connectivity index (χ1) is 14.1. The van der Waals surface area contributed by atoms with Crippen molar-refractivity contribution >= 4 is 17.5 Å². The third kappa shape index (κ3) is 4.46. The van der Waals surface area contributed by atoms with Crippen molar-refractivity contribution in [3.8, 4) is 16.8 Å². The van der Waals surface area contributed by atoms with E-state index in [1.807, 2.05) is 36.4 Å². The Bertz CT molecular complexity index is 973. The fourth-order valence-electron chi connectivity index (χ4n) is 3.82. The van der Waals surface area contributed by atoms with Crippen molar-refractivity contribution in [3.63, 3.8) is 0 Å². The van der Waals surface area contributed by atoms with Crippen LogP contribution in [0.2, 0.25) is 5.02 Å². The zero-order valence-electron chi connectivity index (χ0n) is 16.3. The first-order valence-corrected chi connectivity index (χ1v) is 10.2. The summed E-state index contributed by atoms with van der Waals surface area (Å²) in [4.78, 5) is 15.4. The zero-order valence-corrected chi connectivity index (χ0v) is 17.0. The summed E-state index contributed by atoms with van der Waals surface area (Å²) in [6, 6.07) is 13.6. The molecule has 1 N–H and O–H groups in total. The second-order valence-electron chi connectivity index (χ2n) is 7.16. The summed E-state index contributed by atoms with van der Waals surface area (Å²) in [6.45, 7) is 4.93. The Morgan fingerprint density at radius 1 is 1.21 bits per heavy atom. The fraction of sp³-hybridized carbons (Fsp3) is 0.333. The molecule has 1 aliphatic rings. The minimum Gasteiger partial charge on any atom is -0.350 e. The molecular formula is C21H23ClN6O. The molecule has 7 nitrogen and oxygen atoms in total. The highest BCUT2D eigenvalue weighted by Gasteiger charge is 2.23. The molecule has 2 aromatic carbocycles. The van der Waals surface area contributed by atoms with Crippen LogP contribution in [0.1, 0.15) is 30.1 Å². The molecule has 0 spiro atoms. The van der Waals surface area contributed by atoms with E-state index in [0.717, 1.165) is 36.3 Å². The molecule has 1 amide bonds. The van der Waals surface area contributed by atoms with Gasteiger partial charge in [-0.2, -0.15) is 0 Å². The van der Waals surface area contributed by atoms with Crippen LogP contribution in [0.5, 0.6) is 0 Å². The van der Waals surface area contributed by atoms with Crippen molar-refractivity contribution in [1.29, 1.82) is 0 Å². The van der Waals surface area contributed by atoms with Gasteiger partial charge in [-0.15, -0.1) is 5.10 Å². The van der Waals surface area contributed by atoms with Crippen molar-refractivity contribution in [2.24, 2.45) is 0 Å². The highest BCUT2D eigenvalue weighted by Crippen LogP contribution is 2.25. The number of halogens is 1. The van der Waals surface area contributed by atoms with Gasteiger partial charge in [0.25, 0.3) is 5.91 Å². The average Bonchev–Trinajstić information content (AvgIpc) is 3.44. The lowest BCUT2D eigenvalue weighted by atomic mass is 10.0. The molecule has 1 aromatic heterocycles. The van der Waals surface area contributed by atoms with E-state index < -0.39 is 0 Å². The van der Waals surface area contributed by atoms with Crippen LogP contribution in [0.15, 0.2) is 48.8 Å². The van der Waals surface area contributed by atoms with Crippen molar-refractivity contribution in [2.75, 3.05) is 19.6 Å². The topological polar surface area (TPSA) is 75.9 Å². The molecule has 150 valence electrons. The number of likely N-dealkylation sites (tertiary alicyclic amines) is 1. The van der Waals surface area contributed by atoms with E-state index in [-0.39, 0.29) is 5.91 Å². The van der Waals surface area contributed by atoms with E-state index >= 15 is 0 Å². The van der Waals surface area contributed by atoms with E-state index in [1.165, 1.54) is 12.7 Å². The average molecular weight is 411 g/mol. The first kappa shape index (κ1) is 19.5. The maximum absolute atomic E-state index is 12.9. The lowest BCUT2D eigenvalue weighted by Gasteiger charge is -2.23. The van der Waals surface area contributed by atoms with Crippen LogP contribution in [0.25, 0.3) is 16.8 Å². The highest BCUT2D eigenvalue weighted by molar-refractivity contribution is 6.30. The van der Waals surface area contributed by atoms with Gasteiger partial charge in [0.1, 0.15) is 6.33 Å².